The SMILES string of the molecule is CCNC(=NCC(C)(C)c1ccc(F)cc1Cl)NCC(O)COCC1CC1.I. The first-order valence-electron chi connectivity index (χ1n) is 9.55. The van der Waals surface area contributed by atoms with Crippen molar-refractivity contribution in [1.82, 2.24) is 10.6 Å². The molecule has 1 fully saturated rings. The first-order valence-corrected chi connectivity index (χ1v) is 9.93. The molecular formula is C20H32ClFIN3O2. The Morgan fingerprint density at radius 2 is 2.11 bits per heavy atom. The second-order valence-corrected chi connectivity index (χ2v) is 8.13. The van der Waals surface area contributed by atoms with Crippen LogP contribution in [0.15, 0.2) is 23.2 Å². The maximum Gasteiger partial charge on any atom is 0.191 e. The number of aliphatic hydroxyl groups is 1. The molecule has 28 heavy (non-hydrogen) atoms. The number of rotatable bonds is 10. The molecule has 1 saturated carbocycles. The summed E-state index contributed by atoms with van der Waals surface area (Å²) in [5.74, 6) is 0.950. The van der Waals surface area contributed by atoms with E-state index in [1.54, 1.807) is 6.07 Å². The Morgan fingerprint density at radius 3 is 2.71 bits per heavy atom. The number of ether oxygens (including phenoxy) is 1. The number of aliphatic hydroxyl groups excluding tert-OH is 1. The summed E-state index contributed by atoms with van der Waals surface area (Å²) in [5.41, 5.74) is 0.484. The van der Waals surface area contributed by atoms with E-state index in [2.05, 4.69) is 15.6 Å². The number of benzene rings is 1. The first-order chi connectivity index (χ1) is 12.8. The van der Waals surface area contributed by atoms with Gasteiger partial charge >= 0.3 is 0 Å². The fourth-order valence-corrected chi connectivity index (χ4v) is 3.09. The largest absolute Gasteiger partial charge is 0.389 e. The predicted octanol–water partition coefficient (Wildman–Crippen LogP) is 3.72. The maximum absolute atomic E-state index is 13.3. The van der Waals surface area contributed by atoms with E-state index in [0.717, 1.165) is 12.2 Å². The molecule has 1 aliphatic rings. The average molecular weight is 528 g/mol. The van der Waals surface area contributed by atoms with Crippen LogP contribution < -0.4 is 10.6 Å². The van der Waals surface area contributed by atoms with Crippen molar-refractivity contribution >= 4 is 41.5 Å². The van der Waals surface area contributed by atoms with E-state index in [1.165, 1.54) is 25.0 Å². The molecule has 1 unspecified atom stereocenters. The van der Waals surface area contributed by atoms with Gasteiger partial charge < -0.3 is 20.5 Å². The van der Waals surface area contributed by atoms with Crippen LogP contribution in [0.2, 0.25) is 5.02 Å². The normalized spacial score (nSPS) is 15.7. The highest BCUT2D eigenvalue weighted by atomic mass is 127. The van der Waals surface area contributed by atoms with Crippen molar-refractivity contribution in [1.29, 1.82) is 0 Å². The molecule has 1 aliphatic carbocycles. The van der Waals surface area contributed by atoms with Crippen molar-refractivity contribution in [2.24, 2.45) is 10.9 Å². The molecular weight excluding hydrogens is 496 g/mol. The van der Waals surface area contributed by atoms with Crippen molar-refractivity contribution in [3.8, 4) is 0 Å². The van der Waals surface area contributed by atoms with Crippen LogP contribution in [0.4, 0.5) is 4.39 Å². The Bertz CT molecular complexity index is 642. The van der Waals surface area contributed by atoms with Gasteiger partial charge in [-0.25, -0.2) is 4.39 Å². The van der Waals surface area contributed by atoms with Crippen molar-refractivity contribution < 1.29 is 14.2 Å². The van der Waals surface area contributed by atoms with Gasteiger partial charge in [0.15, 0.2) is 5.96 Å². The second kappa shape index (κ2) is 12.1. The van der Waals surface area contributed by atoms with Gasteiger partial charge in [0.1, 0.15) is 5.82 Å². The summed E-state index contributed by atoms with van der Waals surface area (Å²) in [6, 6.07) is 4.44. The van der Waals surface area contributed by atoms with Crippen LogP contribution in [-0.2, 0) is 10.2 Å². The molecule has 0 spiro atoms. The number of halogens is 3. The van der Waals surface area contributed by atoms with Crippen LogP contribution in [-0.4, -0.2) is 50.0 Å². The Morgan fingerprint density at radius 1 is 1.39 bits per heavy atom. The molecule has 2 rings (SSSR count). The Labute approximate surface area is 189 Å². The van der Waals surface area contributed by atoms with E-state index >= 15 is 0 Å². The molecule has 3 N–H and O–H groups in total. The van der Waals surface area contributed by atoms with Gasteiger partial charge in [-0.05, 0) is 43.4 Å². The van der Waals surface area contributed by atoms with Crippen LogP contribution in [0.3, 0.4) is 0 Å². The zero-order chi connectivity index (χ0) is 19.9. The highest BCUT2D eigenvalue weighted by molar-refractivity contribution is 14.0. The Hall–Kier alpha value is -0.640. The van der Waals surface area contributed by atoms with Gasteiger partial charge in [-0.3, -0.25) is 4.99 Å². The minimum Gasteiger partial charge on any atom is -0.389 e. The van der Waals surface area contributed by atoms with Crippen molar-refractivity contribution in [3.05, 3.63) is 34.6 Å². The van der Waals surface area contributed by atoms with Crippen molar-refractivity contribution in [3.63, 3.8) is 0 Å². The van der Waals surface area contributed by atoms with E-state index in [1.807, 2.05) is 20.8 Å². The number of aliphatic imine (C=N–C) groups is 1. The van der Waals surface area contributed by atoms with Crippen LogP contribution in [0, 0.1) is 11.7 Å². The summed E-state index contributed by atoms with van der Waals surface area (Å²) in [6.07, 6.45) is 1.88. The standard InChI is InChI=1S/C20H31ClFN3O2.HI/c1-4-23-19(24-10-16(26)12-27-11-14-5-6-14)25-13-20(2,3)17-8-7-15(22)9-18(17)21;/h7-9,14,16,26H,4-6,10-13H2,1-3H3,(H2,23,24,25);1H. The first kappa shape index (κ1) is 25.4. The van der Waals surface area contributed by atoms with Gasteiger partial charge in [-0.1, -0.05) is 31.5 Å². The molecule has 8 heteroatoms. The van der Waals surface area contributed by atoms with E-state index in [-0.39, 0.29) is 35.2 Å². The highest BCUT2D eigenvalue weighted by Gasteiger charge is 2.24. The van der Waals surface area contributed by atoms with Gasteiger partial charge in [0, 0.05) is 30.1 Å². The number of hydrogen-bond acceptors (Lipinski definition) is 3. The van der Waals surface area contributed by atoms with Crippen LogP contribution in [0.5, 0.6) is 0 Å². The Balaban J connectivity index is 0.00000392. The Kier molecular flexibility index (Phi) is 11.0. The fraction of sp³-hybridized carbons (Fsp3) is 0.650. The molecule has 0 aromatic heterocycles. The summed E-state index contributed by atoms with van der Waals surface area (Å²) < 4.78 is 18.8. The predicted molar refractivity (Wildman–Crippen MR) is 123 cm³/mol. The van der Waals surface area contributed by atoms with Crippen LogP contribution in [0.1, 0.15) is 39.2 Å². The molecule has 0 heterocycles. The van der Waals surface area contributed by atoms with Gasteiger partial charge in [-0.15, -0.1) is 24.0 Å². The summed E-state index contributed by atoms with van der Waals surface area (Å²) in [4.78, 5) is 4.61. The number of nitrogens with one attached hydrogen (secondary N) is 2. The van der Waals surface area contributed by atoms with Gasteiger partial charge in [-0.2, -0.15) is 0 Å². The monoisotopic (exact) mass is 527 g/mol. The topological polar surface area (TPSA) is 65.9 Å². The molecule has 0 aliphatic heterocycles. The van der Waals surface area contributed by atoms with Gasteiger partial charge in [0.05, 0.1) is 19.3 Å². The lowest BCUT2D eigenvalue weighted by molar-refractivity contribution is 0.0345. The van der Waals surface area contributed by atoms with E-state index in [9.17, 15) is 9.50 Å². The molecule has 5 nitrogen and oxygen atoms in total. The summed E-state index contributed by atoms with van der Waals surface area (Å²) in [5, 5.41) is 16.7. The van der Waals surface area contributed by atoms with E-state index < -0.39 is 6.10 Å². The molecule has 1 aromatic carbocycles. The van der Waals surface area contributed by atoms with Gasteiger partial charge in [0.2, 0.25) is 0 Å². The number of guanidine groups is 1. The molecule has 0 radical (unpaired) electrons. The number of hydrogen-bond donors (Lipinski definition) is 3. The highest BCUT2D eigenvalue weighted by Crippen LogP contribution is 2.30. The van der Waals surface area contributed by atoms with Gasteiger partial charge in [0.25, 0.3) is 0 Å². The summed E-state index contributed by atoms with van der Waals surface area (Å²) >= 11 is 6.20. The van der Waals surface area contributed by atoms with Crippen molar-refractivity contribution in [2.75, 3.05) is 32.8 Å². The quantitative estimate of drug-likeness (QED) is 0.247. The summed E-state index contributed by atoms with van der Waals surface area (Å²) in [6.45, 7) is 8.58. The third-order valence-corrected chi connectivity index (χ3v) is 4.82. The lowest BCUT2D eigenvalue weighted by Gasteiger charge is -2.25. The minimum absolute atomic E-state index is 0. The zero-order valence-corrected chi connectivity index (χ0v) is 19.9. The fourth-order valence-electron chi connectivity index (χ4n) is 2.67. The maximum atomic E-state index is 13.3. The smallest absolute Gasteiger partial charge is 0.191 e. The molecule has 160 valence electrons. The zero-order valence-electron chi connectivity index (χ0n) is 16.8. The molecule has 1 aromatic rings. The third kappa shape index (κ3) is 8.80. The molecule has 1 atom stereocenters. The minimum atomic E-state index is -0.591. The van der Waals surface area contributed by atoms with Crippen molar-refractivity contribution in [2.45, 2.75) is 45.1 Å². The third-order valence-electron chi connectivity index (χ3n) is 4.50. The second-order valence-electron chi connectivity index (χ2n) is 7.72. The van der Waals surface area contributed by atoms with E-state index in [0.29, 0.717) is 43.1 Å². The van der Waals surface area contributed by atoms with E-state index in [4.69, 9.17) is 16.3 Å². The number of nitrogens with zero attached hydrogens (tertiary/aromatic N) is 1. The molecule has 0 saturated heterocycles. The molecule has 0 amide bonds. The van der Waals surface area contributed by atoms with Crippen LogP contribution >= 0.6 is 35.6 Å². The summed E-state index contributed by atoms with van der Waals surface area (Å²) in [7, 11) is 0. The van der Waals surface area contributed by atoms with Crippen LogP contribution in [0.25, 0.3) is 0 Å². The molecule has 0 bridgehead atoms. The average Bonchev–Trinajstić information content (AvgIpc) is 3.41. The lowest BCUT2D eigenvalue weighted by atomic mass is 9.84. The lowest BCUT2D eigenvalue weighted by Crippen LogP contribution is -2.43.